The molecular formula is C48H29NO. The standard InChI is InChI=1S/C48H29NO/c1-2-10-30(11-3-1)31-18-22-34(23-19-31)49-45-16-8-6-14-38(45)44-28-42-37-24-20-32(26-41(37)35-12-4-5-13-36(35)43(42)29-46(44)49)33-21-25-40-39-15-7-9-17-47(39)50-48(40)27-33/h1-29H. The zero-order valence-electron chi connectivity index (χ0n) is 27.1. The molecule has 2 nitrogen and oxygen atoms in total. The van der Waals surface area contributed by atoms with Gasteiger partial charge in [0.15, 0.2) is 0 Å². The molecule has 0 aliphatic heterocycles. The summed E-state index contributed by atoms with van der Waals surface area (Å²) in [5.41, 5.74) is 10.2. The third-order valence-electron chi connectivity index (χ3n) is 10.6. The summed E-state index contributed by atoms with van der Waals surface area (Å²) >= 11 is 0. The smallest absolute Gasteiger partial charge is 0.136 e. The summed E-state index contributed by atoms with van der Waals surface area (Å²) in [5.74, 6) is 0. The fraction of sp³-hybridized carbons (Fsp3) is 0. The third kappa shape index (κ3) is 3.96. The molecule has 232 valence electrons. The van der Waals surface area contributed by atoms with Gasteiger partial charge in [-0.15, -0.1) is 0 Å². The van der Waals surface area contributed by atoms with E-state index >= 15 is 0 Å². The van der Waals surface area contributed by atoms with Crippen LogP contribution in [0.4, 0.5) is 0 Å². The van der Waals surface area contributed by atoms with Gasteiger partial charge in [-0.05, 0) is 109 Å². The zero-order valence-corrected chi connectivity index (χ0v) is 27.1. The molecular weight excluding hydrogens is 607 g/mol. The number of fused-ring (bicyclic) bond motifs is 12. The van der Waals surface area contributed by atoms with Gasteiger partial charge in [0, 0.05) is 27.2 Å². The fourth-order valence-electron chi connectivity index (χ4n) is 8.21. The number of benzene rings is 9. The summed E-state index contributed by atoms with van der Waals surface area (Å²) in [6.07, 6.45) is 0. The van der Waals surface area contributed by atoms with E-state index in [0.29, 0.717) is 0 Å². The maximum absolute atomic E-state index is 6.26. The normalized spacial score (nSPS) is 12.0. The Hall–Kier alpha value is -6.64. The van der Waals surface area contributed by atoms with Crippen molar-refractivity contribution in [1.82, 2.24) is 4.57 Å². The molecule has 2 heteroatoms. The van der Waals surface area contributed by atoms with Gasteiger partial charge < -0.3 is 8.98 Å². The molecule has 0 saturated carbocycles. The van der Waals surface area contributed by atoms with Gasteiger partial charge >= 0.3 is 0 Å². The number of para-hydroxylation sites is 2. The van der Waals surface area contributed by atoms with E-state index in [-0.39, 0.29) is 0 Å². The van der Waals surface area contributed by atoms with Gasteiger partial charge in [0.05, 0.1) is 11.0 Å². The van der Waals surface area contributed by atoms with Crippen molar-refractivity contribution in [1.29, 1.82) is 0 Å². The molecule has 0 radical (unpaired) electrons. The first-order valence-electron chi connectivity index (χ1n) is 17.2. The summed E-state index contributed by atoms with van der Waals surface area (Å²) in [5, 5.41) is 12.4. The Morgan fingerprint density at radius 2 is 0.820 bits per heavy atom. The fourth-order valence-corrected chi connectivity index (χ4v) is 8.21. The van der Waals surface area contributed by atoms with Crippen molar-refractivity contribution in [2.24, 2.45) is 0 Å². The summed E-state index contributed by atoms with van der Waals surface area (Å²) in [6.45, 7) is 0. The molecule has 11 aromatic rings. The minimum atomic E-state index is 0.917. The number of aromatic nitrogens is 1. The highest BCUT2D eigenvalue weighted by molar-refractivity contribution is 6.29. The van der Waals surface area contributed by atoms with Crippen molar-refractivity contribution in [2.75, 3.05) is 0 Å². The van der Waals surface area contributed by atoms with Crippen molar-refractivity contribution in [2.45, 2.75) is 0 Å². The van der Waals surface area contributed by atoms with Crippen LogP contribution in [-0.4, -0.2) is 4.57 Å². The van der Waals surface area contributed by atoms with E-state index in [2.05, 4.69) is 168 Å². The predicted molar refractivity (Wildman–Crippen MR) is 211 cm³/mol. The second-order valence-electron chi connectivity index (χ2n) is 13.3. The first kappa shape index (κ1) is 27.3. The molecule has 0 spiro atoms. The Kier molecular flexibility index (Phi) is 5.70. The number of hydrogen-bond donors (Lipinski definition) is 0. The van der Waals surface area contributed by atoms with Crippen LogP contribution in [0.3, 0.4) is 0 Å². The van der Waals surface area contributed by atoms with Crippen LogP contribution in [0.5, 0.6) is 0 Å². The highest BCUT2D eigenvalue weighted by atomic mass is 16.3. The molecule has 0 amide bonds. The molecule has 0 aliphatic rings. The van der Waals surface area contributed by atoms with E-state index < -0.39 is 0 Å². The lowest BCUT2D eigenvalue weighted by molar-refractivity contribution is 0.669. The maximum atomic E-state index is 6.26. The lowest BCUT2D eigenvalue weighted by Gasteiger charge is -2.14. The Morgan fingerprint density at radius 1 is 0.280 bits per heavy atom. The number of furan rings is 1. The maximum Gasteiger partial charge on any atom is 0.136 e. The number of nitrogens with zero attached hydrogens (tertiary/aromatic N) is 1. The minimum Gasteiger partial charge on any atom is -0.456 e. The van der Waals surface area contributed by atoms with Crippen LogP contribution in [0.25, 0.3) is 104 Å². The molecule has 0 atom stereocenters. The van der Waals surface area contributed by atoms with Crippen molar-refractivity contribution in [3.63, 3.8) is 0 Å². The topological polar surface area (TPSA) is 18.1 Å². The van der Waals surface area contributed by atoms with Crippen molar-refractivity contribution in [3.8, 4) is 27.9 Å². The Balaban J connectivity index is 1.14. The van der Waals surface area contributed by atoms with Gasteiger partial charge in [-0.25, -0.2) is 0 Å². The van der Waals surface area contributed by atoms with E-state index in [4.69, 9.17) is 4.42 Å². The quantitative estimate of drug-likeness (QED) is 0.177. The van der Waals surface area contributed by atoms with Crippen LogP contribution >= 0.6 is 0 Å². The van der Waals surface area contributed by atoms with Crippen LogP contribution in [0.15, 0.2) is 180 Å². The first-order valence-corrected chi connectivity index (χ1v) is 17.2. The van der Waals surface area contributed by atoms with Gasteiger partial charge in [0.25, 0.3) is 0 Å². The molecule has 0 bridgehead atoms. The van der Waals surface area contributed by atoms with Gasteiger partial charge in [0.1, 0.15) is 11.2 Å². The molecule has 0 unspecified atom stereocenters. The largest absolute Gasteiger partial charge is 0.456 e. The summed E-state index contributed by atoms with van der Waals surface area (Å²) in [7, 11) is 0. The molecule has 0 N–H and O–H groups in total. The zero-order chi connectivity index (χ0) is 32.8. The van der Waals surface area contributed by atoms with E-state index in [1.165, 1.54) is 70.8 Å². The molecule has 11 rings (SSSR count). The van der Waals surface area contributed by atoms with Crippen LogP contribution < -0.4 is 0 Å². The second kappa shape index (κ2) is 10.4. The average Bonchev–Trinajstić information content (AvgIpc) is 3.72. The predicted octanol–water partition coefficient (Wildman–Crippen LogP) is 13.5. The van der Waals surface area contributed by atoms with Gasteiger partial charge in [-0.3, -0.25) is 0 Å². The molecule has 0 fully saturated rings. The van der Waals surface area contributed by atoms with Crippen LogP contribution in [0, 0.1) is 0 Å². The molecule has 0 saturated heterocycles. The van der Waals surface area contributed by atoms with E-state index in [1.54, 1.807) is 0 Å². The highest BCUT2D eigenvalue weighted by Gasteiger charge is 2.17. The van der Waals surface area contributed by atoms with Crippen molar-refractivity contribution >= 4 is 76.1 Å². The number of hydrogen-bond acceptors (Lipinski definition) is 1. The highest BCUT2D eigenvalue weighted by Crippen LogP contribution is 2.42. The SMILES string of the molecule is c1ccc(-c2ccc(-n3c4ccccc4c4cc5c6ccc(-c7ccc8c(c7)oc7ccccc78)cc6c6ccccc6c5cc43)cc2)cc1. The molecule has 50 heavy (non-hydrogen) atoms. The van der Waals surface area contributed by atoms with Crippen LogP contribution in [0.2, 0.25) is 0 Å². The van der Waals surface area contributed by atoms with Gasteiger partial charge in [-0.1, -0.05) is 121 Å². The molecule has 9 aromatic carbocycles. The minimum absolute atomic E-state index is 0.917. The third-order valence-corrected chi connectivity index (χ3v) is 10.6. The lowest BCUT2D eigenvalue weighted by Crippen LogP contribution is -1.94. The van der Waals surface area contributed by atoms with Gasteiger partial charge in [0.2, 0.25) is 0 Å². The Morgan fingerprint density at radius 3 is 1.62 bits per heavy atom. The average molecular weight is 636 g/mol. The second-order valence-corrected chi connectivity index (χ2v) is 13.3. The first-order chi connectivity index (χ1) is 24.8. The summed E-state index contributed by atoms with van der Waals surface area (Å²) in [4.78, 5) is 0. The van der Waals surface area contributed by atoms with Crippen LogP contribution in [-0.2, 0) is 0 Å². The Labute approximate surface area is 288 Å². The molecule has 2 aromatic heterocycles. The number of rotatable bonds is 3. The van der Waals surface area contributed by atoms with Crippen molar-refractivity contribution < 1.29 is 4.42 Å². The Bertz CT molecular complexity index is 3130. The summed E-state index contributed by atoms with van der Waals surface area (Å²) in [6, 6.07) is 63.9. The van der Waals surface area contributed by atoms with Gasteiger partial charge in [-0.2, -0.15) is 0 Å². The lowest BCUT2D eigenvalue weighted by atomic mass is 9.91. The van der Waals surface area contributed by atoms with Crippen LogP contribution in [0.1, 0.15) is 0 Å². The summed E-state index contributed by atoms with van der Waals surface area (Å²) < 4.78 is 8.69. The van der Waals surface area contributed by atoms with Crippen molar-refractivity contribution in [3.05, 3.63) is 176 Å². The monoisotopic (exact) mass is 635 g/mol. The van der Waals surface area contributed by atoms with E-state index in [0.717, 1.165) is 33.2 Å². The van der Waals surface area contributed by atoms with E-state index in [1.807, 2.05) is 12.1 Å². The molecule has 2 heterocycles. The van der Waals surface area contributed by atoms with E-state index in [9.17, 15) is 0 Å². The molecule has 0 aliphatic carbocycles.